The van der Waals surface area contributed by atoms with Crippen LogP contribution in [0.5, 0.6) is 11.5 Å². The highest BCUT2D eigenvalue weighted by Gasteiger charge is 2.58. The van der Waals surface area contributed by atoms with Crippen molar-refractivity contribution in [2.24, 2.45) is 7.05 Å². The summed E-state index contributed by atoms with van der Waals surface area (Å²) in [4.78, 5) is 33.6. The summed E-state index contributed by atoms with van der Waals surface area (Å²) in [5.74, 6) is 1.78. The molecule has 2 saturated heterocycles. The van der Waals surface area contributed by atoms with Gasteiger partial charge < -0.3 is 24.2 Å². The van der Waals surface area contributed by atoms with Crippen LogP contribution in [0, 0.1) is 0 Å². The zero-order valence-electron chi connectivity index (χ0n) is 24.7. The van der Waals surface area contributed by atoms with Gasteiger partial charge in [-0.05, 0) is 49.8 Å². The maximum Gasteiger partial charge on any atom is 0.321 e. The van der Waals surface area contributed by atoms with Gasteiger partial charge in [-0.25, -0.2) is 4.79 Å². The van der Waals surface area contributed by atoms with E-state index in [-0.39, 0.29) is 34.9 Å². The Morgan fingerprint density at radius 2 is 1.82 bits per heavy atom. The molecule has 2 atom stereocenters. The molecule has 2 fully saturated rings. The van der Waals surface area contributed by atoms with E-state index in [0.29, 0.717) is 31.9 Å². The molecule has 5 rings (SSSR count). The monoisotopic (exact) mass is 537 g/mol. The summed E-state index contributed by atoms with van der Waals surface area (Å²) in [6.45, 7) is 13.0. The molecule has 1 aromatic heterocycles. The van der Waals surface area contributed by atoms with Crippen LogP contribution in [0.3, 0.4) is 0 Å². The van der Waals surface area contributed by atoms with Crippen molar-refractivity contribution in [1.82, 2.24) is 24.5 Å². The Kier molecular flexibility index (Phi) is 6.84. The first-order valence-electron chi connectivity index (χ1n) is 14.1. The first kappa shape index (κ1) is 27.3. The number of aromatic nitrogens is 2. The van der Waals surface area contributed by atoms with Gasteiger partial charge in [0.25, 0.3) is 5.91 Å². The van der Waals surface area contributed by atoms with Gasteiger partial charge in [-0.1, -0.05) is 27.7 Å². The predicted molar refractivity (Wildman–Crippen MR) is 149 cm³/mol. The number of urea groups is 1. The van der Waals surface area contributed by atoms with Crippen molar-refractivity contribution in [2.75, 3.05) is 33.9 Å². The molecule has 0 aliphatic carbocycles. The van der Waals surface area contributed by atoms with Crippen molar-refractivity contribution < 1.29 is 19.1 Å². The lowest BCUT2D eigenvalue weighted by Gasteiger charge is -2.47. The van der Waals surface area contributed by atoms with Crippen LogP contribution in [0.2, 0.25) is 0 Å². The molecule has 9 nitrogen and oxygen atoms in total. The lowest BCUT2D eigenvalue weighted by atomic mass is 9.76. The highest BCUT2D eigenvalue weighted by molar-refractivity contribution is 5.93. The number of piperidine rings is 1. The summed E-state index contributed by atoms with van der Waals surface area (Å²) in [6.07, 6.45) is 2.36. The summed E-state index contributed by atoms with van der Waals surface area (Å²) in [5, 5.41) is 4.61. The number of amides is 3. The van der Waals surface area contributed by atoms with Crippen LogP contribution in [0.15, 0.2) is 18.2 Å². The van der Waals surface area contributed by atoms with Crippen LogP contribution in [0.25, 0.3) is 0 Å². The van der Waals surface area contributed by atoms with Gasteiger partial charge in [0, 0.05) is 50.3 Å². The highest BCUT2D eigenvalue weighted by Crippen LogP contribution is 2.49. The normalized spacial score (nSPS) is 22.6. The van der Waals surface area contributed by atoms with E-state index in [1.165, 1.54) is 0 Å². The SMILES string of the molecule is CCN1C(=O)N2Cc3cc(OC)cc(OC)c3[C@@H](C)CC2C12CCN(C(=O)c1cc(C(C)(C)C)nn1C)CC2. The molecule has 0 saturated carbocycles. The predicted octanol–water partition coefficient (Wildman–Crippen LogP) is 4.54. The largest absolute Gasteiger partial charge is 0.497 e. The number of hydrogen-bond donors (Lipinski definition) is 0. The number of methoxy groups -OCH3 is 2. The summed E-state index contributed by atoms with van der Waals surface area (Å²) in [6, 6.07) is 6.06. The van der Waals surface area contributed by atoms with Crippen molar-refractivity contribution >= 4 is 11.9 Å². The third kappa shape index (κ3) is 4.34. The zero-order valence-corrected chi connectivity index (χ0v) is 24.7. The lowest BCUT2D eigenvalue weighted by molar-refractivity contribution is 0.0367. The fourth-order valence-corrected chi connectivity index (χ4v) is 7.09. The van der Waals surface area contributed by atoms with E-state index in [2.05, 4.69) is 49.5 Å². The van der Waals surface area contributed by atoms with Gasteiger partial charge in [0.15, 0.2) is 0 Å². The molecule has 0 bridgehead atoms. The number of benzene rings is 1. The molecule has 3 aliphatic heterocycles. The molecular weight excluding hydrogens is 494 g/mol. The van der Waals surface area contributed by atoms with E-state index >= 15 is 0 Å². The van der Waals surface area contributed by atoms with Crippen molar-refractivity contribution in [3.8, 4) is 11.5 Å². The Labute approximate surface area is 232 Å². The molecule has 1 unspecified atom stereocenters. The van der Waals surface area contributed by atoms with Gasteiger partial charge in [0.1, 0.15) is 17.2 Å². The third-order valence-corrected chi connectivity index (χ3v) is 9.18. The minimum absolute atomic E-state index is 0.0121. The fraction of sp³-hybridized carbons (Fsp3) is 0.633. The van der Waals surface area contributed by atoms with E-state index in [9.17, 15) is 9.59 Å². The number of aryl methyl sites for hydroxylation is 1. The molecule has 0 N–H and O–H groups in total. The topological polar surface area (TPSA) is 80.1 Å². The first-order chi connectivity index (χ1) is 18.4. The molecule has 0 radical (unpaired) electrons. The van der Waals surface area contributed by atoms with E-state index in [0.717, 1.165) is 47.6 Å². The Balaban J connectivity index is 1.43. The van der Waals surface area contributed by atoms with Crippen molar-refractivity contribution in [3.05, 3.63) is 40.7 Å². The third-order valence-electron chi connectivity index (χ3n) is 9.18. The first-order valence-corrected chi connectivity index (χ1v) is 14.1. The zero-order chi connectivity index (χ0) is 28.3. The molecule has 3 amide bonds. The lowest BCUT2D eigenvalue weighted by Crippen LogP contribution is -2.59. The van der Waals surface area contributed by atoms with Crippen LogP contribution in [0.1, 0.15) is 87.1 Å². The summed E-state index contributed by atoms with van der Waals surface area (Å²) >= 11 is 0. The average molecular weight is 538 g/mol. The number of rotatable bonds is 4. The summed E-state index contributed by atoms with van der Waals surface area (Å²) < 4.78 is 13.0. The molecule has 39 heavy (non-hydrogen) atoms. The van der Waals surface area contributed by atoms with E-state index < -0.39 is 0 Å². The molecule has 212 valence electrons. The molecular formula is C30H43N5O4. The van der Waals surface area contributed by atoms with Gasteiger partial charge >= 0.3 is 6.03 Å². The number of carbonyl (C=O) groups is 2. The van der Waals surface area contributed by atoms with Crippen LogP contribution in [-0.2, 0) is 19.0 Å². The number of carbonyl (C=O) groups excluding carboxylic acids is 2. The molecule has 1 spiro atoms. The number of likely N-dealkylation sites (N-methyl/N-ethyl adjacent to an activating group) is 1. The fourth-order valence-electron chi connectivity index (χ4n) is 7.09. The number of ether oxygens (including phenoxy) is 2. The quantitative estimate of drug-likeness (QED) is 0.572. The minimum Gasteiger partial charge on any atom is -0.497 e. The second-order valence-electron chi connectivity index (χ2n) is 12.4. The Morgan fingerprint density at radius 1 is 1.13 bits per heavy atom. The highest BCUT2D eigenvalue weighted by atomic mass is 16.5. The van der Waals surface area contributed by atoms with Crippen LogP contribution < -0.4 is 9.47 Å². The van der Waals surface area contributed by atoms with Crippen molar-refractivity contribution in [1.29, 1.82) is 0 Å². The maximum absolute atomic E-state index is 13.9. The van der Waals surface area contributed by atoms with Gasteiger partial charge in [0.05, 0.1) is 31.5 Å². The molecule has 4 heterocycles. The Hall–Kier alpha value is -3.23. The smallest absolute Gasteiger partial charge is 0.321 e. The van der Waals surface area contributed by atoms with E-state index in [1.807, 2.05) is 30.1 Å². The van der Waals surface area contributed by atoms with Crippen LogP contribution in [0.4, 0.5) is 4.79 Å². The number of fused-ring (bicyclic) bond motifs is 3. The van der Waals surface area contributed by atoms with Gasteiger partial charge in [-0.15, -0.1) is 0 Å². The number of likely N-dealkylation sites (tertiary alicyclic amines) is 1. The van der Waals surface area contributed by atoms with Gasteiger partial charge in [-0.2, -0.15) is 5.10 Å². The van der Waals surface area contributed by atoms with E-state index in [4.69, 9.17) is 9.47 Å². The Bertz CT molecular complexity index is 1270. The van der Waals surface area contributed by atoms with Crippen LogP contribution >= 0.6 is 0 Å². The second-order valence-corrected chi connectivity index (χ2v) is 12.4. The summed E-state index contributed by atoms with van der Waals surface area (Å²) in [5.41, 5.74) is 3.34. The molecule has 3 aliphatic rings. The summed E-state index contributed by atoms with van der Waals surface area (Å²) in [7, 11) is 5.19. The van der Waals surface area contributed by atoms with Crippen LogP contribution in [-0.4, -0.2) is 81.9 Å². The van der Waals surface area contributed by atoms with Gasteiger partial charge in [0.2, 0.25) is 0 Å². The molecule has 9 heteroatoms. The molecule has 2 aromatic rings. The number of hydrogen-bond acceptors (Lipinski definition) is 5. The Morgan fingerprint density at radius 3 is 2.38 bits per heavy atom. The maximum atomic E-state index is 13.9. The van der Waals surface area contributed by atoms with Crippen molar-refractivity contribution in [3.63, 3.8) is 0 Å². The standard InChI is InChI=1S/C30H43N5O4/c1-9-35-28(37)34-18-20-15-21(38-7)16-23(39-8)26(20)19(2)14-25(34)30(35)10-12-33(13-11-30)27(36)22-17-24(29(3,4)5)31-32(22)6/h15-17,19,25H,9-14,18H2,1-8H3/t19-,25?/m0/s1. The average Bonchev–Trinajstić information content (AvgIpc) is 3.33. The van der Waals surface area contributed by atoms with Gasteiger partial charge in [-0.3, -0.25) is 9.48 Å². The van der Waals surface area contributed by atoms with Crippen molar-refractivity contribution in [2.45, 2.75) is 83.3 Å². The number of nitrogens with zero attached hydrogens (tertiary/aromatic N) is 5. The molecule has 1 aromatic carbocycles. The second kappa shape index (κ2) is 9.75. The van der Waals surface area contributed by atoms with E-state index in [1.54, 1.807) is 18.9 Å². The minimum atomic E-state index is -0.306.